The lowest BCUT2D eigenvalue weighted by Gasteiger charge is -2.40. The van der Waals surface area contributed by atoms with Crippen molar-refractivity contribution in [2.75, 3.05) is 18.0 Å². The summed E-state index contributed by atoms with van der Waals surface area (Å²) in [7, 11) is 0. The molecule has 1 saturated heterocycles. The molecule has 2 fully saturated rings. The first kappa shape index (κ1) is 14.0. The van der Waals surface area contributed by atoms with Gasteiger partial charge in [-0.25, -0.2) is 0 Å². The average Bonchev–Trinajstić information content (AvgIpc) is 2.95. The van der Waals surface area contributed by atoms with Crippen LogP contribution in [-0.4, -0.2) is 24.3 Å². The highest BCUT2D eigenvalue weighted by Crippen LogP contribution is 2.46. The van der Waals surface area contributed by atoms with Crippen LogP contribution in [0.1, 0.15) is 48.9 Å². The summed E-state index contributed by atoms with van der Waals surface area (Å²) in [6.45, 7) is 1.89. The molecule has 3 rings (SSSR count). The minimum atomic E-state index is -0.458. The third-order valence-corrected chi connectivity index (χ3v) is 5.18. The molecule has 1 aliphatic heterocycles. The molecule has 0 unspecified atom stereocenters. The molecule has 5 heteroatoms. The summed E-state index contributed by atoms with van der Waals surface area (Å²) < 4.78 is 0. The van der Waals surface area contributed by atoms with E-state index in [0.717, 1.165) is 25.1 Å². The minimum absolute atomic E-state index is 0.0230. The molecule has 1 aromatic rings. The Bertz CT molecular complexity index is 555. The Morgan fingerprint density at radius 2 is 1.81 bits per heavy atom. The van der Waals surface area contributed by atoms with Gasteiger partial charge < -0.3 is 4.90 Å². The van der Waals surface area contributed by atoms with Crippen molar-refractivity contribution in [2.45, 2.75) is 38.5 Å². The third-order valence-electron chi connectivity index (χ3n) is 5.18. The number of piperidine rings is 1. The van der Waals surface area contributed by atoms with E-state index in [4.69, 9.17) is 0 Å². The first-order valence-corrected chi connectivity index (χ1v) is 7.62. The highest BCUT2D eigenvalue weighted by Gasteiger charge is 2.37. The normalized spacial score (nSPS) is 20.7. The van der Waals surface area contributed by atoms with Crippen LogP contribution in [0.25, 0.3) is 0 Å². The molecule has 0 radical (unpaired) electrons. The van der Waals surface area contributed by atoms with Crippen molar-refractivity contribution in [2.24, 2.45) is 5.41 Å². The number of aldehydes is 1. The first-order valence-electron chi connectivity index (χ1n) is 7.62. The molecular weight excluding hydrogens is 268 g/mol. The molecule has 0 amide bonds. The van der Waals surface area contributed by atoms with Crippen molar-refractivity contribution in [1.82, 2.24) is 0 Å². The van der Waals surface area contributed by atoms with Crippen molar-refractivity contribution in [1.29, 1.82) is 0 Å². The van der Waals surface area contributed by atoms with Crippen LogP contribution >= 0.6 is 0 Å². The lowest BCUT2D eigenvalue weighted by molar-refractivity contribution is -0.384. The van der Waals surface area contributed by atoms with E-state index in [9.17, 15) is 14.9 Å². The summed E-state index contributed by atoms with van der Waals surface area (Å²) in [5.74, 6) is 0. The van der Waals surface area contributed by atoms with Crippen molar-refractivity contribution in [3.63, 3.8) is 0 Å². The molecule has 1 spiro atoms. The summed E-state index contributed by atoms with van der Waals surface area (Å²) >= 11 is 0. The first-order chi connectivity index (χ1) is 10.1. The standard InChI is InChI=1S/C16H20N2O3/c19-12-13-11-14(18(20)21)3-4-15(13)17-9-7-16(8-10-17)5-1-2-6-16/h3-4,11-12H,1-2,5-10H2. The molecule has 1 heterocycles. The predicted molar refractivity (Wildman–Crippen MR) is 80.8 cm³/mol. The second kappa shape index (κ2) is 5.47. The molecule has 1 saturated carbocycles. The molecule has 0 aromatic heterocycles. The summed E-state index contributed by atoms with van der Waals surface area (Å²) in [6.07, 6.45) is 8.42. The predicted octanol–water partition coefficient (Wildman–Crippen LogP) is 3.57. The van der Waals surface area contributed by atoms with Gasteiger partial charge in [-0.1, -0.05) is 12.8 Å². The smallest absolute Gasteiger partial charge is 0.270 e. The van der Waals surface area contributed by atoms with Gasteiger partial charge in [-0.3, -0.25) is 14.9 Å². The molecule has 1 aromatic carbocycles. The molecule has 5 nitrogen and oxygen atoms in total. The van der Waals surface area contributed by atoms with Crippen LogP contribution in [0.4, 0.5) is 11.4 Å². The number of hydrogen-bond donors (Lipinski definition) is 0. The van der Waals surface area contributed by atoms with Gasteiger partial charge >= 0.3 is 0 Å². The van der Waals surface area contributed by atoms with Gasteiger partial charge in [0.15, 0.2) is 6.29 Å². The zero-order chi connectivity index (χ0) is 14.9. The van der Waals surface area contributed by atoms with Gasteiger partial charge in [-0.15, -0.1) is 0 Å². The van der Waals surface area contributed by atoms with Crippen LogP contribution < -0.4 is 4.90 Å². The Morgan fingerprint density at radius 1 is 1.14 bits per heavy atom. The van der Waals surface area contributed by atoms with Crippen LogP contribution in [-0.2, 0) is 0 Å². The minimum Gasteiger partial charge on any atom is -0.371 e. The Morgan fingerprint density at radius 3 is 2.38 bits per heavy atom. The average molecular weight is 288 g/mol. The van der Waals surface area contributed by atoms with E-state index in [1.807, 2.05) is 0 Å². The van der Waals surface area contributed by atoms with Crippen LogP contribution in [0, 0.1) is 15.5 Å². The topological polar surface area (TPSA) is 63.4 Å². The Labute approximate surface area is 124 Å². The van der Waals surface area contributed by atoms with Crippen molar-refractivity contribution in [3.8, 4) is 0 Å². The number of carbonyl (C=O) groups is 1. The zero-order valence-corrected chi connectivity index (χ0v) is 12.1. The number of nitro groups is 1. The largest absolute Gasteiger partial charge is 0.371 e. The van der Waals surface area contributed by atoms with Crippen molar-refractivity contribution in [3.05, 3.63) is 33.9 Å². The zero-order valence-electron chi connectivity index (χ0n) is 12.1. The van der Waals surface area contributed by atoms with Gasteiger partial charge in [-0.05, 0) is 37.2 Å². The number of nitrogens with zero attached hydrogens (tertiary/aromatic N) is 2. The fourth-order valence-electron chi connectivity index (χ4n) is 3.88. The summed E-state index contributed by atoms with van der Waals surface area (Å²) in [6, 6.07) is 4.58. The van der Waals surface area contributed by atoms with Gasteiger partial charge in [0.05, 0.1) is 4.92 Å². The number of nitro benzene ring substituents is 1. The fraction of sp³-hybridized carbons (Fsp3) is 0.562. The van der Waals surface area contributed by atoms with Crippen molar-refractivity contribution >= 4 is 17.7 Å². The Kier molecular flexibility index (Phi) is 3.66. The molecule has 0 N–H and O–H groups in total. The van der Waals surface area contributed by atoms with Gasteiger partial charge in [0, 0.05) is 36.5 Å². The van der Waals surface area contributed by atoms with Crippen LogP contribution in [0.2, 0.25) is 0 Å². The van der Waals surface area contributed by atoms with Gasteiger partial charge in [0.1, 0.15) is 0 Å². The molecule has 2 aliphatic rings. The maximum absolute atomic E-state index is 11.2. The highest BCUT2D eigenvalue weighted by atomic mass is 16.6. The third kappa shape index (κ3) is 2.64. The van der Waals surface area contributed by atoms with Gasteiger partial charge in [0.25, 0.3) is 5.69 Å². The quantitative estimate of drug-likeness (QED) is 0.484. The number of benzene rings is 1. The fourth-order valence-corrected chi connectivity index (χ4v) is 3.88. The number of carbonyl (C=O) groups excluding carboxylic acids is 1. The summed E-state index contributed by atoms with van der Waals surface area (Å²) in [5, 5.41) is 10.8. The van der Waals surface area contributed by atoms with Crippen molar-refractivity contribution < 1.29 is 9.72 Å². The molecule has 0 atom stereocenters. The second-order valence-electron chi connectivity index (χ2n) is 6.31. The van der Waals surface area contributed by atoms with E-state index < -0.39 is 4.92 Å². The molecule has 0 bridgehead atoms. The van der Waals surface area contributed by atoms with Gasteiger partial charge in [-0.2, -0.15) is 0 Å². The molecule has 21 heavy (non-hydrogen) atoms. The monoisotopic (exact) mass is 288 g/mol. The Balaban J connectivity index is 1.78. The number of hydrogen-bond acceptors (Lipinski definition) is 4. The van der Waals surface area contributed by atoms with Gasteiger partial charge in [0.2, 0.25) is 0 Å². The maximum Gasteiger partial charge on any atom is 0.270 e. The number of rotatable bonds is 3. The lowest BCUT2D eigenvalue weighted by atomic mass is 9.77. The lowest BCUT2D eigenvalue weighted by Crippen LogP contribution is -2.39. The molecule has 112 valence electrons. The van der Waals surface area contributed by atoms with E-state index in [-0.39, 0.29) is 5.69 Å². The summed E-state index contributed by atoms with van der Waals surface area (Å²) in [5.41, 5.74) is 1.76. The Hall–Kier alpha value is -1.91. The van der Waals surface area contributed by atoms with Crippen LogP contribution in [0.15, 0.2) is 18.2 Å². The second-order valence-corrected chi connectivity index (χ2v) is 6.31. The van der Waals surface area contributed by atoms with E-state index in [1.165, 1.54) is 50.7 Å². The van der Waals surface area contributed by atoms with E-state index in [1.54, 1.807) is 6.07 Å². The molecule has 1 aliphatic carbocycles. The number of non-ortho nitro benzene ring substituents is 1. The van der Waals surface area contributed by atoms with Crippen LogP contribution in [0.3, 0.4) is 0 Å². The SMILES string of the molecule is O=Cc1cc([N+](=O)[O-])ccc1N1CCC2(CCCC2)CC1. The van der Waals surface area contributed by atoms with Crippen LogP contribution in [0.5, 0.6) is 0 Å². The highest BCUT2D eigenvalue weighted by molar-refractivity contribution is 5.86. The van der Waals surface area contributed by atoms with E-state index >= 15 is 0 Å². The summed E-state index contributed by atoms with van der Waals surface area (Å²) in [4.78, 5) is 23.8. The van der Waals surface area contributed by atoms with E-state index in [0.29, 0.717) is 11.0 Å². The van der Waals surface area contributed by atoms with E-state index in [2.05, 4.69) is 4.90 Å². The number of anilines is 1. The molecular formula is C16H20N2O3. The maximum atomic E-state index is 11.2.